The van der Waals surface area contributed by atoms with Crippen molar-refractivity contribution < 1.29 is 18.4 Å². The highest BCUT2D eigenvalue weighted by atomic mass is 19.1. The summed E-state index contributed by atoms with van der Waals surface area (Å²) < 4.78 is 23.6. The van der Waals surface area contributed by atoms with Crippen molar-refractivity contribution in [2.24, 2.45) is 5.92 Å². The molecule has 0 radical (unpaired) electrons. The molecule has 0 aliphatic carbocycles. The second-order valence-corrected chi connectivity index (χ2v) is 5.98. The molecule has 1 fully saturated rings. The van der Waals surface area contributed by atoms with Crippen molar-refractivity contribution in [1.29, 1.82) is 0 Å². The molecule has 1 N–H and O–H groups in total. The molecule has 24 heavy (non-hydrogen) atoms. The van der Waals surface area contributed by atoms with E-state index < -0.39 is 0 Å². The Kier molecular flexibility index (Phi) is 5.20. The number of aromatic nitrogens is 2. The van der Waals surface area contributed by atoms with Gasteiger partial charge < -0.3 is 14.6 Å². The van der Waals surface area contributed by atoms with Crippen LogP contribution >= 0.6 is 0 Å². The van der Waals surface area contributed by atoms with Gasteiger partial charge in [0.1, 0.15) is 11.9 Å². The number of carbonyl (C=O) groups is 1. The third-order valence-electron chi connectivity index (χ3n) is 4.14. The fraction of sp³-hybridized carbons (Fsp3) is 0.471. The highest BCUT2D eigenvalue weighted by Gasteiger charge is 2.31. The van der Waals surface area contributed by atoms with Crippen LogP contribution in [-0.4, -0.2) is 29.3 Å². The molecule has 2 aromatic rings. The second kappa shape index (κ2) is 7.53. The predicted molar refractivity (Wildman–Crippen MR) is 83.6 cm³/mol. The van der Waals surface area contributed by atoms with Gasteiger partial charge in [-0.2, -0.15) is 4.98 Å². The second-order valence-electron chi connectivity index (χ2n) is 5.98. The van der Waals surface area contributed by atoms with Gasteiger partial charge in [0.15, 0.2) is 5.82 Å². The quantitative estimate of drug-likeness (QED) is 0.909. The van der Waals surface area contributed by atoms with Gasteiger partial charge in [0.05, 0.1) is 6.42 Å². The van der Waals surface area contributed by atoms with Gasteiger partial charge in [0.25, 0.3) is 0 Å². The zero-order valence-corrected chi connectivity index (χ0v) is 13.5. The Morgan fingerprint density at radius 1 is 1.33 bits per heavy atom. The van der Waals surface area contributed by atoms with E-state index in [2.05, 4.69) is 15.5 Å². The average Bonchev–Trinajstić information content (AvgIpc) is 3.02. The smallest absolute Gasteiger partial charge is 0.249 e. The molecule has 7 heteroatoms. The van der Waals surface area contributed by atoms with Crippen molar-refractivity contribution in [1.82, 2.24) is 15.5 Å². The fourth-order valence-corrected chi connectivity index (χ4v) is 2.88. The predicted octanol–water partition coefficient (Wildman–Crippen LogP) is 2.34. The largest absolute Gasteiger partial charge is 0.381 e. The van der Waals surface area contributed by atoms with Gasteiger partial charge in [-0.05, 0) is 43.4 Å². The molecule has 1 amide bonds. The maximum Gasteiger partial charge on any atom is 0.249 e. The van der Waals surface area contributed by atoms with Gasteiger partial charge in [-0.15, -0.1) is 0 Å². The maximum absolute atomic E-state index is 13.0. The number of halogens is 1. The van der Waals surface area contributed by atoms with Crippen LogP contribution in [0.5, 0.6) is 0 Å². The number of nitrogens with one attached hydrogen (secondary N) is 1. The maximum atomic E-state index is 13.0. The van der Waals surface area contributed by atoms with Crippen LogP contribution in [0, 0.1) is 18.7 Å². The van der Waals surface area contributed by atoms with E-state index in [1.54, 1.807) is 19.1 Å². The number of amides is 1. The van der Waals surface area contributed by atoms with Crippen molar-refractivity contribution in [2.75, 3.05) is 13.2 Å². The summed E-state index contributed by atoms with van der Waals surface area (Å²) in [6.07, 6.45) is 1.82. The molecule has 2 heterocycles. The molecule has 1 aliphatic heterocycles. The molecule has 1 aromatic carbocycles. The van der Waals surface area contributed by atoms with E-state index in [9.17, 15) is 9.18 Å². The lowest BCUT2D eigenvalue weighted by Gasteiger charge is -2.28. The van der Waals surface area contributed by atoms with Crippen molar-refractivity contribution in [3.05, 3.63) is 47.4 Å². The lowest BCUT2D eigenvalue weighted by atomic mass is 9.91. The van der Waals surface area contributed by atoms with Crippen LogP contribution < -0.4 is 5.32 Å². The minimum absolute atomic E-state index is 0.158. The fourth-order valence-electron chi connectivity index (χ4n) is 2.88. The first-order valence-electron chi connectivity index (χ1n) is 8.03. The minimum atomic E-state index is -0.331. The number of ether oxygens (including phenoxy) is 1. The lowest BCUT2D eigenvalue weighted by Crippen LogP contribution is -2.37. The van der Waals surface area contributed by atoms with Crippen LogP contribution in [0.3, 0.4) is 0 Å². The Morgan fingerprint density at radius 3 is 2.67 bits per heavy atom. The number of rotatable bonds is 5. The van der Waals surface area contributed by atoms with E-state index in [-0.39, 0.29) is 30.1 Å². The Bertz CT molecular complexity index is 681. The molecule has 0 saturated carbocycles. The van der Waals surface area contributed by atoms with E-state index >= 15 is 0 Å². The first-order valence-corrected chi connectivity index (χ1v) is 8.03. The summed E-state index contributed by atoms with van der Waals surface area (Å²) in [5, 5.41) is 6.82. The summed E-state index contributed by atoms with van der Waals surface area (Å²) in [5.74, 6) is 0.673. The molecule has 1 saturated heterocycles. The van der Waals surface area contributed by atoms with Gasteiger partial charge in [0, 0.05) is 13.2 Å². The normalized spacial score (nSPS) is 16.8. The summed E-state index contributed by atoms with van der Waals surface area (Å²) in [7, 11) is 0. The number of benzene rings is 1. The van der Waals surface area contributed by atoms with Crippen LogP contribution in [0.4, 0.5) is 4.39 Å². The van der Waals surface area contributed by atoms with Crippen LogP contribution in [-0.2, 0) is 16.0 Å². The zero-order chi connectivity index (χ0) is 16.9. The number of nitrogens with zero attached hydrogens (tertiary/aromatic N) is 2. The van der Waals surface area contributed by atoms with Gasteiger partial charge in [-0.25, -0.2) is 4.39 Å². The zero-order valence-electron chi connectivity index (χ0n) is 13.5. The van der Waals surface area contributed by atoms with Crippen molar-refractivity contribution in [3.63, 3.8) is 0 Å². The van der Waals surface area contributed by atoms with Gasteiger partial charge in [-0.3, -0.25) is 4.79 Å². The Morgan fingerprint density at radius 2 is 2.04 bits per heavy atom. The standard InChI is InChI=1S/C17H20FN3O3/c1-11-19-17(24-21-11)16(13-6-8-23-9-7-13)20-15(22)10-12-2-4-14(18)5-3-12/h2-5,13,16H,6-10H2,1H3,(H,20,22)/t16-/m1/s1. The molecular weight excluding hydrogens is 313 g/mol. The third kappa shape index (κ3) is 4.17. The van der Waals surface area contributed by atoms with E-state index in [1.165, 1.54) is 12.1 Å². The van der Waals surface area contributed by atoms with E-state index in [4.69, 9.17) is 9.26 Å². The summed E-state index contributed by atoms with van der Waals surface area (Å²) in [6, 6.07) is 5.58. The van der Waals surface area contributed by atoms with Gasteiger partial charge in [-0.1, -0.05) is 17.3 Å². The van der Waals surface area contributed by atoms with E-state index in [1.807, 2.05) is 0 Å². The van der Waals surface area contributed by atoms with Crippen LogP contribution in [0.1, 0.15) is 36.2 Å². The summed E-state index contributed by atoms with van der Waals surface area (Å²) in [6.45, 7) is 3.05. The highest BCUT2D eigenvalue weighted by Crippen LogP contribution is 2.29. The van der Waals surface area contributed by atoms with Crippen LogP contribution in [0.15, 0.2) is 28.8 Å². The number of hydrogen-bond acceptors (Lipinski definition) is 5. The highest BCUT2D eigenvalue weighted by molar-refractivity contribution is 5.78. The number of hydrogen-bond donors (Lipinski definition) is 1. The molecule has 3 rings (SSSR count). The lowest BCUT2D eigenvalue weighted by molar-refractivity contribution is -0.122. The molecular formula is C17H20FN3O3. The number of aryl methyl sites for hydroxylation is 1. The van der Waals surface area contributed by atoms with E-state index in [0.29, 0.717) is 24.9 Å². The van der Waals surface area contributed by atoms with Crippen LogP contribution in [0.25, 0.3) is 0 Å². The summed E-state index contributed by atoms with van der Waals surface area (Å²) in [5.41, 5.74) is 0.751. The van der Waals surface area contributed by atoms with E-state index in [0.717, 1.165) is 18.4 Å². The topological polar surface area (TPSA) is 77.2 Å². The van der Waals surface area contributed by atoms with Gasteiger partial charge >= 0.3 is 0 Å². The first kappa shape index (κ1) is 16.6. The Balaban J connectivity index is 1.70. The molecule has 6 nitrogen and oxygen atoms in total. The molecule has 128 valence electrons. The summed E-state index contributed by atoms with van der Waals surface area (Å²) >= 11 is 0. The molecule has 1 atom stereocenters. The van der Waals surface area contributed by atoms with Crippen molar-refractivity contribution in [2.45, 2.75) is 32.2 Å². The number of carbonyl (C=O) groups excluding carboxylic acids is 1. The third-order valence-corrected chi connectivity index (χ3v) is 4.14. The molecule has 1 aromatic heterocycles. The summed E-state index contributed by atoms with van der Waals surface area (Å²) in [4.78, 5) is 16.7. The van der Waals surface area contributed by atoms with Crippen molar-refractivity contribution in [3.8, 4) is 0 Å². The van der Waals surface area contributed by atoms with Crippen LogP contribution in [0.2, 0.25) is 0 Å². The molecule has 0 unspecified atom stereocenters. The minimum Gasteiger partial charge on any atom is -0.381 e. The Labute approximate surface area is 139 Å². The Hall–Kier alpha value is -2.28. The molecule has 0 spiro atoms. The van der Waals surface area contributed by atoms with Gasteiger partial charge in [0.2, 0.25) is 11.8 Å². The molecule has 1 aliphatic rings. The van der Waals surface area contributed by atoms with Crippen molar-refractivity contribution >= 4 is 5.91 Å². The first-order chi connectivity index (χ1) is 11.6. The molecule has 0 bridgehead atoms. The monoisotopic (exact) mass is 333 g/mol. The average molecular weight is 333 g/mol. The SMILES string of the molecule is Cc1noc([C@H](NC(=O)Cc2ccc(F)cc2)C2CCOCC2)n1.